The van der Waals surface area contributed by atoms with Gasteiger partial charge in [0, 0.05) is 11.6 Å². The van der Waals surface area contributed by atoms with E-state index in [0.29, 0.717) is 5.56 Å². The summed E-state index contributed by atoms with van der Waals surface area (Å²) in [4.78, 5) is 0. The zero-order valence-corrected chi connectivity index (χ0v) is 24.9. The second-order valence-corrected chi connectivity index (χ2v) is 9.58. The van der Waals surface area contributed by atoms with Gasteiger partial charge in [0.2, 0.25) is 0 Å². The van der Waals surface area contributed by atoms with Gasteiger partial charge >= 0.3 is 6.18 Å². The minimum Gasteiger partial charge on any atom is -0.496 e. The fourth-order valence-electron chi connectivity index (χ4n) is 4.37. The van der Waals surface area contributed by atoms with Crippen LogP contribution in [0, 0.1) is 5.92 Å². The highest BCUT2D eigenvalue weighted by molar-refractivity contribution is 5.72. The van der Waals surface area contributed by atoms with Gasteiger partial charge in [0.1, 0.15) is 5.75 Å². The molecule has 2 rings (SSSR count). The first kappa shape index (κ1) is 35.5. The number of hydrogen-bond acceptors (Lipinski definition) is 2. The van der Waals surface area contributed by atoms with E-state index in [1.54, 1.807) is 0 Å². The molecule has 214 valence electrons. The normalized spacial score (nSPS) is 13.5. The monoisotopic (exact) mass is 533 g/mol. The highest BCUT2D eigenvalue weighted by Gasteiger charge is 2.31. The molecule has 1 atom stereocenters. The van der Waals surface area contributed by atoms with Crippen molar-refractivity contribution < 1.29 is 17.9 Å². The molecule has 2 aromatic carbocycles. The molecule has 0 saturated heterocycles. The Labute approximate surface area is 229 Å². The highest BCUT2D eigenvalue weighted by Crippen LogP contribution is 2.36. The fourth-order valence-corrected chi connectivity index (χ4v) is 4.37. The van der Waals surface area contributed by atoms with Gasteiger partial charge in [-0.25, -0.2) is 0 Å². The number of benzene rings is 2. The molecule has 0 amide bonds. The summed E-state index contributed by atoms with van der Waals surface area (Å²) in [6.07, 6.45) is 3.18. The largest absolute Gasteiger partial charge is 0.496 e. The summed E-state index contributed by atoms with van der Waals surface area (Å²) in [5.74, 6) is 0.360. The Morgan fingerprint density at radius 3 is 2.00 bits per heavy atom. The molecular formula is C33H50F3NO. The van der Waals surface area contributed by atoms with Crippen molar-refractivity contribution in [2.75, 3.05) is 14.2 Å². The Hall–Kier alpha value is -2.53. The van der Waals surface area contributed by atoms with Crippen LogP contribution >= 0.6 is 0 Å². The van der Waals surface area contributed by atoms with Gasteiger partial charge in [-0.15, -0.1) is 13.2 Å². The maximum atomic E-state index is 13.1. The van der Waals surface area contributed by atoms with Crippen LogP contribution in [0.3, 0.4) is 0 Å². The predicted molar refractivity (Wildman–Crippen MR) is 159 cm³/mol. The van der Waals surface area contributed by atoms with Gasteiger partial charge in [0.05, 0.1) is 12.7 Å². The Morgan fingerprint density at radius 1 is 0.947 bits per heavy atom. The molecule has 2 aromatic rings. The summed E-state index contributed by atoms with van der Waals surface area (Å²) in [7, 11) is 3.47. The maximum Gasteiger partial charge on any atom is 0.416 e. The lowest BCUT2D eigenvalue weighted by Gasteiger charge is -2.18. The van der Waals surface area contributed by atoms with E-state index >= 15 is 0 Å². The number of alkyl halides is 3. The Bertz CT molecular complexity index is 1060. The van der Waals surface area contributed by atoms with E-state index < -0.39 is 11.7 Å². The summed E-state index contributed by atoms with van der Waals surface area (Å²) in [5, 5.41) is 5.50. The Kier molecular flexibility index (Phi) is 17.4. The van der Waals surface area contributed by atoms with Crippen molar-refractivity contribution in [2.45, 2.75) is 92.3 Å². The van der Waals surface area contributed by atoms with E-state index in [1.165, 1.54) is 50.9 Å². The van der Waals surface area contributed by atoms with Crippen LogP contribution in [0.4, 0.5) is 13.2 Å². The summed E-state index contributed by atoms with van der Waals surface area (Å²) in [5.41, 5.74) is 2.22. The molecular weight excluding hydrogens is 483 g/mol. The predicted octanol–water partition coefficient (Wildman–Crippen LogP) is 8.52. The van der Waals surface area contributed by atoms with Crippen molar-refractivity contribution in [2.24, 2.45) is 5.92 Å². The molecule has 0 saturated carbocycles. The van der Waals surface area contributed by atoms with Crippen LogP contribution in [-0.4, -0.2) is 20.2 Å². The number of hydrogen-bond donors (Lipinski definition) is 1. The average molecular weight is 534 g/mol. The van der Waals surface area contributed by atoms with E-state index in [1.807, 2.05) is 32.0 Å². The molecule has 2 nitrogen and oxygen atoms in total. The summed E-state index contributed by atoms with van der Waals surface area (Å²) in [6, 6.07) is 12.5. The van der Waals surface area contributed by atoms with Crippen LogP contribution in [0.25, 0.3) is 11.1 Å². The number of rotatable bonds is 10. The molecule has 0 aromatic heterocycles. The van der Waals surface area contributed by atoms with Crippen LogP contribution < -0.4 is 20.5 Å². The van der Waals surface area contributed by atoms with Crippen molar-refractivity contribution in [3.05, 3.63) is 77.2 Å². The van der Waals surface area contributed by atoms with E-state index in [-0.39, 0.29) is 11.7 Å². The summed E-state index contributed by atoms with van der Waals surface area (Å²) >= 11 is 0. The number of methoxy groups -OCH3 is 1. The third-order valence-corrected chi connectivity index (χ3v) is 6.56. The van der Waals surface area contributed by atoms with Crippen LogP contribution in [0.5, 0.6) is 5.75 Å². The van der Waals surface area contributed by atoms with Gasteiger partial charge in [-0.05, 0) is 67.3 Å². The number of unbranched alkanes of at least 4 members (excludes halogenated alkanes) is 1. The molecule has 0 fully saturated rings. The van der Waals surface area contributed by atoms with Gasteiger partial charge < -0.3 is 10.1 Å². The second kappa shape index (κ2) is 18.7. The quantitative estimate of drug-likeness (QED) is 0.309. The lowest BCUT2D eigenvalue weighted by molar-refractivity contribution is -0.137. The smallest absolute Gasteiger partial charge is 0.416 e. The zero-order valence-electron chi connectivity index (χ0n) is 24.9. The number of ether oxygens (including phenoxy) is 1. The second-order valence-electron chi connectivity index (χ2n) is 9.58. The van der Waals surface area contributed by atoms with Gasteiger partial charge in [0.15, 0.2) is 0 Å². The maximum absolute atomic E-state index is 13.1. The first-order chi connectivity index (χ1) is 18.0. The lowest BCUT2D eigenvalue weighted by Crippen LogP contribution is -2.30. The molecule has 0 bridgehead atoms. The molecule has 0 aliphatic heterocycles. The Morgan fingerprint density at radius 2 is 1.55 bits per heavy atom. The van der Waals surface area contributed by atoms with E-state index in [0.717, 1.165) is 40.6 Å². The third-order valence-electron chi connectivity index (χ3n) is 6.56. The summed E-state index contributed by atoms with van der Waals surface area (Å²) < 4.78 is 44.5. The van der Waals surface area contributed by atoms with Crippen molar-refractivity contribution in [3.8, 4) is 5.75 Å². The van der Waals surface area contributed by atoms with Crippen LogP contribution in [0.1, 0.15) is 91.2 Å². The molecule has 38 heavy (non-hydrogen) atoms. The molecule has 1 N–H and O–H groups in total. The number of nitrogens with one attached hydrogen (secondary N) is 1. The minimum absolute atomic E-state index is 0.117. The first-order valence-electron chi connectivity index (χ1n) is 13.8. The molecule has 0 heterocycles. The standard InChI is InChI=1S/C22H25F3O.C9H21N.C2H4/c1-6-15(4)17-9-7-8-10-18(17)21(14(2)3)19-12-11-16(22(23,24)25)13-20(19)26-5;1-4-6-8-9(10-3)7-5-2;1-2/h7-14H,6H2,1-5H3;9-10H,4-8H2,1-3H3;1-2H2/b17-15-,21-18+;;. The molecule has 0 spiro atoms. The fraction of sp³-hybridized carbons (Fsp3) is 0.515. The van der Waals surface area contributed by atoms with E-state index in [2.05, 4.69) is 59.3 Å². The lowest BCUT2D eigenvalue weighted by atomic mass is 9.90. The molecule has 0 radical (unpaired) electrons. The van der Waals surface area contributed by atoms with Crippen LogP contribution in [-0.2, 0) is 6.18 Å². The third kappa shape index (κ3) is 11.1. The van der Waals surface area contributed by atoms with E-state index in [9.17, 15) is 13.2 Å². The number of halogens is 3. The molecule has 1 unspecified atom stereocenters. The van der Waals surface area contributed by atoms with Gasteiger partial charge in [-0.3, -0.25) is 0 Å². The molecule has 5 heteroatoms. The summed E-state index contributed by atoms with van der Waals surface area (Å²) in [6.45, 7) is 18.8. The minimum atomic E-state index is -4.39. The highest BCUT2D eigenvalue weighted by atomic mass is 19.4. The van der Waals surface area contributed by atoms with Gasteiger partial charge in [-0.1, -0.05) is 89.8 Å². The van der Waals surface area contributed by atoms with Gasteiger partial charge in [0.25, 0.3) is 0 Å². The SMILES string of the molecule is C=C.CC/C(C)=c1/cccc/c1=C(\c1ccc(C(F)(F)F)cc1OC)C(C)C.CCCCC(CCC)NC. The van der Waals surface area contributed by atoms with Crippen molar-refractivity contribution in [1.29, 1.82) is 0 Å². The average Bonchev–Trinajstić information content (AvgIpc) is 2.91. The Balaban J connectivity index is 0.000000962. The van der Waals surface area contributed by atoms with Crippen molar-refractivity contribution in [3.63, 3.8) is 0 Å². The topological polar surface area (TPSA) is 21.3 Å². The van der Waals surface area contributed by atoms with E-state index in [4.69, 9.17) is 4.74 Å². The van der Waals surface area contributed by atoms with Crippen LogP contribution in [0.15, 0.2) is 55.6 Å². The zero-order chi connectivity index (χ0) is 29.3. The van der Waals surface area contributed by atoms with Crippen molar-refractivity contribution >= 4 is 11.1 Å². The first-order valence-corrected chi connectivity index (χ1v) is 13.8. The van der Waals surface area contributed by atoms with Crippen molar-refractivity contribution in [1.82, 2.24) is 5.32 Å². The van der Waals surface area contributed by atoms with Crippen LogP contribution in [0.2, 0.25) is 0 Å². The molecule has 0 aliphatic carbocycles. The van der Waals surface area contributed by atoms with Gasteiger partial charge in [-0.2, -0.15) is 13.2 Å². The molecule has 0 aliphatic rings.